The first-order chi connectivity index (χ1) is 18.1. The number of ether oxygens (including phenoxy) is 1. The minimum Gasteiger partial charge on any atom is -0.491 e. The second-order valence-electron chi connectivity index (χ2n) is 8.73. The molecule has 0 radical (unpaired) electrons. The molecule has 12 heteroatoms. The van der Waals surface area contributed by atoms with Crippen LogP contribution in [0.1, 0.15) is 38.8 Å². The number of hydrogen-bond acceptors (Lipinski definition) is 7. The van der Waals surface area contributed by atoms with E-state index in [-0.39, 0.29) is 42.9 Å². The number of aliphatic hydroxyl groups excluding tert-OH is 1. The van der Waals surface area contributed by atoms with E-state index in [0.29, 0.717) is 5.75 Å². The van der Waals surface area contributed by atoms with Crippen LogP contribution in [0.4, 0.5) is 4.39 Å². The van der Waals surface area contributed by atoms with Crippen molar-refractivity contribution in [2.45, 2.75) is 26.0 Å². The minimum atomic E-state index is -1.31. The lowest BCUT2D eigenvalue weighted by Gasteiger charge is -2.24. The molecule has 4 amide bonds. The fourth-order valence-electron chi connectivity index (χ4n) is 3.74. The van der Waals surface area contributed by atoms with Gasteiger partial charge in [-0.15, -0.1) is 0 Å². The topological polar surface area (TPSA) is 161 Å². The van der Waals surface area contributed by atoms with Crippen molar-refractivity contribution in [1.29, 1.82) is 5.26 Å². The van der Waals surface area contributed by atoms with E-state index in [4.69, 9.17) is 10.00 Å². The van der Waals surface area contributed by atoms with Gasteiger partial charge in [-0.1, -0.05) is 6.07 Å². The van der Waals surface area contributed by atoms with Crippen molar-refractivity contribution < 1.29 is 33.4 Å². The van der Waals surface area contributed by atoms with Crippen molar-refractivity contribution in [1.82, 2.24) is 20.9 Å². The molecule has 2 aromatic carbocycles. The molecule has 0 saturated heterocycles. The monoisotopic (exact) mass is 525 g/mol. The highest BCUT2D eigenvalue weighted by molar-refractivity contribution is 5.98. The standard InChI is InChI=1S/C26H28FN5O6/c1-15-3-4-18-12-21(15)38-8-6-29-22(34)14-32(26(37)19-9-17(13-28)10-20(27)11-19)7-5-30-25(36)23(16(2)33)31-24(18)35/h3-4,9-12,16,23,33H,5-8,14H2,1-2H3,(H,29,34)(H,30,36)(H,31,35)/t16-,23+/m1/s1. The first kappa shape index (κ1) is 28.1. The Kier molecular flexibility index (Phi) is 9.34. The van der Waals surface area contributed by atoms with E-state index in [1.807, 2.05) is 0 Å². The van der Waals surface area contributed by atoms with Crippen molar-refractivity contribution in [2.24, 2.45) is 0 Å². The Balaban J connectivity index is 1.86. The molecule has 2 bridgehead atoms. The average Bonchev–Trinajstić information content (AvgIpc) is 2.88. The Morgan fingerprint density at radius 2 is 1.95 bits per heavy atom. The molecule has 1 aliphatic rings. The minimum absolute atomic E-state index is 0.0665. The smallest absolute Gasteiger partial charge is 0.254 e. The van der Waals surface area contributed by atoms with Crippen LogP contribution in [0.25, 0.3) is 0 Å². The van der Waals surface area contributed by atoms with Crippen LogP contribution in [-0.4, -0.2) is 78.6 Å². The van der Waals surface area contributed by atoms with E-state index in [0.717, 1.165) is 22.6 Å². The largest absolute Gasteiger partial charge is 0.491 e. The maximum Gasteiger partial charge on any atom is 0.254 e. The molecule has 11 nitrogen and oxygen atoms in total. The predicted octanol–water partition coefficient (Wildman–Crippen LogP) is 0.252. The zero-order valence-corrected chi connectivity index (χ0v) is 20.9. The van der Waals surface area contributed by atoms with Crippen molar-refractivity contribution >= 4 is 23.6 Å². The normalized spacial score (nSPS) is 18.1. The summed E-state index contributed by atoms with van der Waals surface area (Å²) >= 11 is 0. The molecule has 38 heavy (non-hydrogen) atoms. The predicted molar refractivity (Wildman–Crippen MR) is 133 cm³/mol. The summed E-state index contributed by atoms with van der Waals surface area (Å²) in [6.45, 7) is 2.56. The van der Waals surface area contributed by atoms with Crippen LogP contribution in [0.15, 0.2) is 36.4 Å². The number of carbonyl (C=O) groups is 4. The van der Waals surface area contributed by atoms with Gasteiger partial charge in [0.15, 0.2) is 0 Å². The molecule has 0 aliphatic carbocycles. The Hall–Kier alpha value is -4.50. The zero-order valence-electron chi connectivity index (χ0n) is 20.9. The molecule has 0 aromatic heterocycles. The number of amides is 4. The molecule has 0 unspecified atom stereocenters. The molecule has 1 aliphatic heterocycles. The maximum atomic E-state index is 13.9. The molecule has 3 rings (SSSR count). The second kappa shape index (κ2) is 12.6. The zero-order chi connectivity index (χ0) is 27.8. The van der Waals surface area contributed by atoms with Crippen LogP contribution in [0, 0.1) is 24.1 Å². The summed E-state index contributed by atoms with van der Waals surface area (Å²) in [4.78, 5) is 52.4. The highest BCUT2D eigenvalue weighted by Gasteiger charge is 2.27. The summed E-state index contributed by atoms with van der Waals surface area (Å²) in [5, 5.41) is 26.9. The van der Waals surface area contributed by atoms with E-state index in [9.17, 15) is 28.7 Å². The number of rotatable bonds is 2. The first-order valence-corrected chi connectivity index (χ1v) is 11.9. The highest BCUT2D eigenvalue weighted by Crippen LogP contribution is 2.20. The summed E-state index contributed by atoms with van der Waals surface area (Å²) in [6, 6.07) is 8.31. The van der Waals surface area contributed by atoms with Gasteiger partial charge < -0.3 is 30.7 Å². The number of nitrogens with zero attached hydrogens (tertiary/aromatic N) is 2. The molecule has 0 spiro atoms. The van der Waals surface area contributed by atoms with Gasteiger partial charge >= 0.3 is 0 Å². The summed E-state index contributed by atoms with van der Waals surface area (Å²) in [6.07, 6.45) is -1.25. The van der Waals surface area contributed by atoms with Gasteiger partial charge in [-0.25, -0.2) is 4.39 Å². The van der Waals surface area contributed by atoms with E-state index in [1.54, 1.807) is 25.1 Å². The van der Waals surface area contributed by atoms with Crippen LogP contribution < -0.4 is 20.7 Å². The van der Waals surface area contributed by atoms with E-state index >= 15 is 0 Å². The quantitative estimate of drug-likeness (QED) is 0.437. The third-order valence-electron chi connectivity index (χ3n) is 5.76. The average molecular weight is 526 g/mol. The van der Waals surface area contributed by atoms with Gasteiger partial charge in [0.25, 0.3) is 11.8 Å². The lowest BCUT2D eigenvalue weighted by atomic mass is 10.1. The molecular formula is C26H28FN5O6. The summed E-state index contributed by atoms with van der Waals surface area (Å²) in [5.74, 6) is -2.97. The first-order valence-electron chi connectivity index (χ1n) is 11.9. The van der Waals surface area contributed by atoms with Crippen LogP contribution >= 0.6 is 0 Å². The van der Waals surface area contributed by atoms with Crippen LogP contribution in [0.3, 0.4) is 0 Å². The van der Waals surface area contributed by atoms with Crippen molar-refractivity contribution in [2.75, 3.05) is 32.8 Å². The van der Waals surface area contributed by atoms with E-state index in [2.05, 4.69) is 16.0 Å². The lowest BCUT2D eigenvalue weighted by Crippen LogP contribution is -2.53. The van der Waals surface area contributed by atoms with Gasteiger partial charge in [-0.05, 0) is 49.7 Å². The van der Waals surface area contributed by atoms with Gasteiger partial charge in [-0.3, -0.25) is 19.2 Å². The summed E-state index contributed by atoms with van der Waals surface area (Å²) < 4.78 is 19.7. The number of benzene rings is 2. The van der Waals surface area contributed by atoms with Gasteiger partial charge in [0.2, 0.25) is 11.8 Å². The number of carbonyl (C=O) groups excluding carboxylic acids is 4. The Morgan fingerprint density at radius 3 is 2.66 bits per heavy atom. The third kappa shape index (κ3) is 7.27. The van der Waals surface area contributed by atoms with E-state index < -0.39 is 48.1 Å². The molecule has 2 aromatic rings. The number of nitriles is 1. The SMILES string of the molecule is Cc1ccc2cc1OCCNC(=O)CN(C(=O)c1cc(F)cc(C#N)c1)CCNC(=O)[C@H]([C@@H](C)O)NC2=O. The Labute approximate surface area is 218 Å². The van der Waals surface area contributed by atoms with Gasteiger partial charge in [0, 0.05) is 24.2 Å². The number of fused-ring (bicyclic) bond motifs is 2. The second-order valence-corrected chi connectivity index (χ2v) is 8.73. The molecule has 4 N–H and O–H groups in total. The van der Waals surface area contributed by atoms with Gasteiger partial charge in [0.05, 0.1) is 30.8 Å². The van der Waals surface area contributed by atoms with E-state index in [1.165, 1.54) is 19.1 Å². The van der Waals surface area contributed by atoms with Crippen molar-refractivity contribution in [3.63, 3.8) is 0 Å². The highest BCUT2D eigenvalue weighted by atomic mass is 19.1. The van der Waals surface area contributed by atoms with Crippen LogP contribution in [0.2, 0.25) is 0 Å². The lowest BCUT2D eigenvalue weighted by molar-refractivity contribution is -0.125. The van der Waals surface area contributed by atoms with Crippen LogP contribution in [0.5, 0.6) is 5.75 Å². The molecule has 1 heterocycles. The molecular weight excluding hydrogens is 497 g/mol. The fraction of sp³-hybridized carbons (Fsp3) is 0.346. The molecule has 2 atom stereocenters. The number of hydrogen-bond donors (Lipinski definition) is 4. The molecule has 0 saturated carbocycles. The number of halogens is 1. The third-order valence-corrected chi connectivity index (χ3v) is 5.76. The Bertz CT molecular complexity index is 1280. The molecule has 0 fully saturated rings. The van der Waals surface area contributed by atoms with Gasteiger partial charge in [-0.2, -0.15) is 5.26 Å². The summed E-state index contributed by atoms with van der Waals surface area (Å²) in [5.41, 5.74) is 0.738. The van der Waals surface area contributed by atoms with Crippen LogP contribution in [-0.2, 0) is 9.59 Å². The maximum absolute atomic E-state index is 13.9. The number of nitrogens with one attached hydrogen (secondary N) is 3. The number of aliphatic hydroxyl groups is 1. The van der Waals surface area contributed by atoms with Crippen molar-refractivity contribution in [3.8, 4) is 11.8 Å². The van der Waals surface area contributed by atoms with Gasteiger partial charge in [0.1, 0.15) is 24.2 Å². The Morgan fingerprint density at radius 1 is 1.18 bits per heavy atom. The molecule has 200 valence electrons. The summed E-state index contributed by atoms with van der Waals surface area (Å²) in [7, 11) is 0. The fourth-order valence-corrected chi connectivity index (χ4v) is 3.74. The van der Waals surface area contributed by atoms with Crippen molar-refractivity contribution in [3.05, 3.63) is 64.5 Å². The number of aryl methyl sites for hydroxylation is 1.